The lowest BCUT2D eigenvalue weighted by Crippen LogP contribution is -2.59. The number of pyridine rings is 1. The normalized spacial score (nSPS) is 30.8. The number of alkyl halides is 3. The second-order valence-electron chi connectivity index (χ2n) is 12.8. The third-order valence-electron chi connectivity index (χ3n) is 9.58. The topological polar surface area (TPSA) is 108 Å². The highest BCUT2D eigenvalue weighted by Crippen LogP contribution is 2.57. The molecule has 1 aromatic carbocycles. The average molecular weight is 621 g/mol. The molecule has 3 N–H and O–H groups in total. The molecule has 7 heterocycles. The number of nitrogen functional groups attached to an aromatic ring is 1. The summed E-state index contributed by atoms with van der Waals surface area (Å²) in [6.45, 7) is 3.72. The van der Waals surface area contributed by atoms with Gasteiger partial charge in [0, 0.05) is 47.8 Å². The Balaban J connectivity index is 1.32. The predicted molar refractivity (Wildman–Crippen MR) is 150 cm³/mol. The Kier molecular flexibility index (Phi) is 5.85. The maximum absolute atomic E-state index is 16.6. The van der Waals surface area contributed by atoms with Crippen LogP contribution in [0, 0.1) is 11.2 Å². The predicted octanol–water partition coefficient (Wildman–Crippen LogP) is 5.12. The van der Waals surface area contributed by atoms with E-state index in [1.807, 2.05) is 0 Å². The van der Waals surface area contributed by atoms with Crippen molar-refractivity contribution in [1.29, 1.82) is 0 Å². The van der Waals surface area contributed by atoms with E-state index in [-0.39, 0.29) is 70.8 Å². The third kappa shape index (κ3) is 4.29. The van der Waals surface area contributed by atoms with Crippen molar-refractivity contribution in [1.82, 2.24) is 20.3 Å². The summed E-state index contributed by atoms with van der Waals surface area (Å²) in [6, 6.07) is 2.36. The Morgan fingerprint density at radius 3 is 2.74 bits per heavy atom. The Morgan fingerprint density at radius 2 is 2.00 bits per heavy atom. The molecule has 14 heteroatoms. The number of halogens is 5. The summed E-state index contributed by atoms with van der Waals surface area (Å²) in [5, 5.41) is 3.18. The number of hydrogen-bond acceptors (Lipinski definition) is 9. The Labute approximate surface area is 249 Å². The van der Waals surface area contributed by atoms with Crippen LogP contribution in [0.2, 0.25) is 5.02 Å². The van der Waals surface area contributed by atoms with Crippen LogP contribution in [0.25, 0.3) is 22.2 Å². The Bertz CT molecular complexity index is 1670. The summed E-state index contributed by atoms with van der Waals surface area (Å²) in [5.74, 6) is -0.727. The van der Waals surface area contributed by atoms with E-state index in [4.69, 9.17) is 36.5 Å². The minimum absolute atomic E-state index is 0.0133. The summed E-state index contributed by atoms with van der Waals surface area (Å²) in [6.07, 6.45) is -0.655. The highest BCUT2D eigenvalue weighted by molar-refractivity contribution is 6.32. The largest absolute Gasteiger partial charge is 0.477 e. The molecule has 228 valence electrons. The van der Waals surface area contributed by atoms with E-state index in [0.717, 1.165) is 37.8 Å². The van der Waals surface area contributed by atoms with Crippen LogP contribution in [0.1, 0.15) is 44.6 Å². The first-order valence-electron chi connectivity index (χ1n) is 14.4. The SMILES string of the molecule is CC12CC(COc3nc4c5c(nc(-c6cc(N)cc(Cl)c6C(F)(F)F)c(F)c5n3)OCC[C@@H]3[C@@H]5CC[C@H](CN43)N5)(CO1)C2. The van der Waals surface area contributed by atoms with E-state index >= 15 is 4.39 Å². The lowest BCUT2D eigenvalue weighted by atomic mass is 9.64. The van der Waals surface area contributed by atoms with Gasteiger partial charge >= 0.3 is 12.2 Å². The van der Waals surface area contributed by atoms with E-state index < -0.39 is 33.8 Å². The number of nitrogens with one attached hydrogen (secondary N) is 1. The number of piperazine rings is 1. The molecule has 6 aliphatic rings. The van der Waals surface area contributed by atoms with Gasteiger partial charge in [0.25, 0.3) is 0 Å². The smallest absolute Gasteiger partial charge is 0.418 e. The number of nitrogens with zero attached hydrogens (tertiary/aromatic N) is 4. The van der Waals surface area contributed by atoms with E-state index in [1.54, 1.807) is 0 Å². The summed E-state index contributed by atoms with van der Waals surface area (Å²) in [4.78, 5) is 15.7. The van der Waals surface area contributed by atoms with E-state index in [2.05, 4.69) is 27.1 Å². The summed E-state index contributed by atoms with van der Waals surface area (Å²) in [5.41, 5.74) is 2.77. The van der Waals surface area contributed by atoms with Gasteiger partial charge in [-0.05, 0) is 44.7 Å². The summed E-state index contributed by atoms with van der Waals surface area (Å²) in [7, 11) is 0. The van der Waals surface area contributed by atoms with Crippen LogP contribution in [0.15, 0.2) is 12.1 Å². The fourth-order valence-corrected chi connectivity index (χ4v) is 8.29. The molecule has 9 rings (SSSR count). The van der Waals surface area contributed by atoms with Crippen molar-refractivity contribution >= 4 is 34.0 Å². The second kappa shape index (κ2) is 9.18. The molecule has 1 saturated carbocycles. The fraction of sp³-hybridized carbons (Fsp3) is 0.552. The molecule has 3 aromatic rings. The fourth-order valence-electron chi connectivity index (χ4n) is 7.95. The molecule has 5 fully saturated rings. The standard InChI is InChI=1S/C29H29ClF4N6O3/c1-27-9-28(10-27,12-43-27)11-42-26-38-23-19-24(39-26)40-8-14-2-3-17(36-14)18(40)4-5-41-25(19)37-22(21(23)31)15-6-13(35)7-16(30)20(15)29(32,33)34/h6-7,14,17-18,36H,2-5,8-12,35H2,1H3/t14-,17+,18-,27?,28?/m1/s1. The van der Waals surface area contributed by atoms with Crippen LogP contribution in [0.5, 0.6) is 11.9 Å². The number of anilines is 2. The number of nitrogens with two attached hydrogens (primary N) is 1. The maximum Gasteiger partial charge on any atom is 0.418 e. The third-order valence-corrected chi connectivity index (χ3v) is 9.88. The molecule has 3 atom stereocenters. The lowest BCUT2D eigenvalue weighted by molar-refractivity contribution is -0.137. The van der Waals surface area contributed by atoms with Crippen molar-refractivity contribution in [3.8, 4) is 23.1 Å². The van der Waals surface area contributed by atoms with Crippen molar-refractivity contribution in [3.63, 3.8) is 0 Å². The Morgan fingerprint density at radius 1 is 1.19 bits per heavy atom. The molecular formula is C29H29ClF4N6O3. The first-order chi connectivity index (χ1) is 20.4. The number of ether oxygens (including phenoxy) is 3. The van der Waals surface area contributed by atoms with Gasteiger partial charge in [-0.2, -0.15) is 23.1 Å². The molecule has 0 amide bonds. The molecular weight excluding hydrogens is 592 g/mol. The number of benzene rings is 1. The van der Waals surface area contributed by atoms with Crippen molar-refractivity contribution in [2.45, 2.75) is 68.9 Å². The maximum atomic E-state index is 16.6. The molecule has 9 nitrogen and oxygen atoms in total. The highest BCUT2D eigenvalue weighted by atomic mass is 35.5. The van der Waals surface area contributed by atoms with Gasteiger partial charge in [0.15, 0.2) is 5.82 Å². The highest BCUT2D eigenvalue weighted by Gasteiger charge is 2.60. The number of fused-ring (bicyclic) bond motifs is 6. The zero-order chi connectivity index (χ0) is 29.9. The summed E-state index contributed by atoms with van der Waals surface area (Å²) < 4.78 is 77.4. The van der Waals surface area contributed by atoms with Crippen LogP contribution >= 0.6 is 11.6 Å². The summed E-state index contributed by atoms with van der Waals surface area (Å²) >= 11 is 6.01. The minimum atomic E-state index is -4.91. The lowest BCUT2D eigenvalue weighted by Gasteiger charge is -2.43. The van der Waals surface area contributed by atoms with Gasteiger partial charge in [-0.3, -0.25) is 0 Å². The van der Waals surface area contributed by atoms with Crippen molar-refractivity contribution < 1.29 is 31.8 Å². The zero-order valence-corrected chi connectivity index (χ0v) is 24.0. The van der Waals surface area contributed by atoms with Crippen LogP contribution in [0.3, 0.4) is 0 Å². The van der Waals surface area contributed by atoms with Crippen LogP contribution in [-0.2, 0) is 10.9 Å². The molecule has 1 aliphatic carbocycles. The van der Waals surface area contributed by atoms with E-state index in [1.165, 1.54) is 0 Å². The van der Waals surface area contributed by atoms with Gasteiger partial charge in [0.1, 0.15) is 22.4 Å². The Hall–Kier alpha value is -3.16. The second-order valence-corrected chi connectivity index (χ2v) is 13.2. The van der Waals surface area contributed by atoms with Gasteiger partial charge < -0.3 is 30.2 Å². The molecule has 2 aromatic heterocycles. The van der Waals surface area contributed by atoms with Crippen molar-refractivity contribution in [2.75, 3.05) is 37.0 Å². The van der Waals surface area contributed by atoms with Crippen LogP contribution < -0.4 is 25.4 Å². The molecule has 5 aliphatic heterocycles. The minimum Gasteiger partial charge on any atom is -0.477 e. The van der Waals surface area contributed by atoms with Crippen molar-refractivity contribution in [3.05, 3.63) is 28.5 Å². The molecule has 4 saturated heterocycles. The van der Waals surface area contributed by atoms with Gasteiger partial charge in [0.05, 0.1) is 36.0 Å². The number of hydrogen-bond donors (Lipinski definition) is 2. The van der Waals surface area contributed by atoms with Gasteiger partial charge in [-0.25, -0.2) is 9.37 Å². The quantitative estimate of drug-likeness (QED) is 0.303. The molecule has 4 bridgehead atoms. The molecule has 43 heavy (non-hydrogen) atoms. The average Bonchev–Trinajstić information content (AvgIpc) is 3.57. The molecule has 0 unspecified atom stereocenters. The first-order valence-corrected chi connectivity index (χ1v) is 14.8. The van der Waals surface area contributed by atoms with Crippen LogP contribution in [0.4, 0.5) is 29.1 Å². The monoisotopic (exact) mass is 620 g/mol. The number of aromatic nitrogens is 3. The van der Waals surface area contributed by atoms with Gasteiger partial charge in [0.2, 0.25) is 5.88 Å². The van der Waals surface area contributed by atoms with E-state index in [9.17, 15) is 13.2 Å². The first kappa shape index (κ1) is 27.4. The molecule has 0 spiro atoms. The number of rotatable bonds is 4. The molecule has 0 radical (unpaired) electrons. The van der Waals surface area contributed by atoms with Gasteiger partial charge in [-0.1, -0.05) is 11.6 Å². The zero-order valence-electron chi connectivity index (χ0n) is 23.2. The van der Waals surface area contributed by atoms with Crippen molar-refractivity contribution in [2.24, 2.45) is 5.41 Å². The van der Waals surface area contributed by atoms with Crippen LogP contribution in [-0.4, -0.2) is 65.0 Å². The van der Waals surface area contributed by atoms with E-state index in [0.29, 0.717) is 25.4 Å². The van der Waals surface area contributed by atoms with Gasteiger partial charge in [-0.15, -0.1) is 0 Å².